The van der Waals surface area contributed by atoms with Crippen LogP contribution in [0.5, 0.6) is 5.75 Å². The highest BCUT2D eigenvalue weighted by molar-refractivity contribution is 5.98. The first-order valence-corrected chi connectivity index (χ1v) is 8.58. The number of methoxy groups -OCH3 is 1. The fourth-order valence-corrected chi connectivity index (χ4v) is 2.38. The topological polar surface area (TPSA) is 123 Å². The van der Waals surface area contributed by atoms with Crippen LogP contribution in [0, 0.1) is 0 Å². The third-order valence-corrected chi connectivity index (χ3v) is 3.57. The maximum absolute atomic E-state index is 12.1. The molecule has 2 aromatic carbocycles. The average Bonchev–Trinajstić information content (AvgIpc) is 2.66. The van der Waals surface area contributed by atoms with Crippen LogP contribution in [-0.2, 0) is 19.1 Å². The molecule has 0 aromatic heterocycles. The van der Waals surface area contributed by atoms with Gasteiger partial charge >= 0.3 is 5.97 Å². The molecule has 3 N–H and O–H groups in total. The molecule has 9 nitrogen and oxygen atoms in total. The Hall–Kier alpha value is -3.88. The number of amides is 3. The largest absolute Gasteiger partial charge is 0.495 e. The fraction of sp³-hybridized carbons (Fsp3) is 0.200. The maximum atomic E-state index is 12.1. The quantitative estimate of drug-likeness (QED) is 0.615. The van der Waals surface area contributed by atoms with E-state index in [4.69, 9.17) is 9.47 Å². The van der Waals surface area contributed by atoms with E-state index in [-0.39, 0.29) is 17.4 Å². The van der Waals surface area contributed by atoms with Gasteiger partial charge in [0.05, 0.1) is 18.4 Å². The van der Waals surface area contributed by atoms with Gasteiger partial charge in [0.15, 0.2) is 6.61 Å². The van der Waals surface area contributed by atoms with Crippen LogP contribution in [0.4, 0.5) is 17.1 Å². The Bertz CT molecular complexity index is 924. The number of hydrogen-bond donors (Lipinski definition) is 3. The van der Waals surface area contributed by atoms with Crippen LogP contribution in [0.15, 0.2) is 42.5 Å². The molecule has 0 aliphatic carbocycles. The monoisotopic (exact) mass is 399 g/mol. The normalized spacial score (nSPS) is 9.90. The van der Waals surface area contributed by atoms with Gasteiger partial charge in [-0.05, 0) is 42.5 Å². The zero-order chi connectivity index (χ0) is 21.4. The Balaban J connectivity index is 1.96. The van der Waals surface area contributed by atoms with E-state index in [0.29, 0.717) is 22.8 Å². The van der Waals surface area contributed by atoms with E-state index in [1.165, 1.54) is 39.2 Å². The molecule has 3 amide bonds. The van der Waals surface area contributed by atoms with Crippen molar-refractivity contribution in [1.82, 2.24) is 0 Å². The van der Waals surface area contributed by atoms with Crippen LogP contribution in [0.1, 0.15) is 24.2 Å². The molecular formula is C20H21N3O6. The average molecular weight is 399 g/mol. The highest BCUT2D eigenvalue weighted by atomic mass is 16.5. The first-order chi connectivity index (χ1) is 13.8. The van der Waals surface area contributed by atoms with Gasteiger partial charge in [0.25, 0.3) is 5.91 Å². The predicted octanol–water partition coefficient (Wildman–Crippen LogP) is 2.41. The summed E-state index contributed by atoms with van der Waals surface area (Å²) in [5, 5.41) is 7.76. The third-order valence-electron chi connectivity index (χ3n) is 3.57. The maximum Gasteiger partial charge on any atom is 0.338 e. The molecule has 2 aromatic rings. The molecule has 0 aliphatic heterocycles. The second-order valence-electron chi connectivity index (χ2n) is 5.98. The van der Waals surface area contributed by atoms with Gasteiger partial charge in [-0.25, -0.2) is 4.79 Å². The van der Waals surface area contributed by atoms with Crippen LogP contribution >= 0.6 is 0 Å². The molecule has 0 saturated carbocycles. The number of carbonyl (C=O) groups is 4. The molecule has 9 heteroatoms. The lowest BCUT2D eigenvalue weighted by atomic mass is 10.2. The van der Waals surface area contributed by atoms with Crippen molar-refractivity contribution in [2.24, 2.45) is 0 Å². The molecular weight excluding hydrogens is 378 g/mol. The van der Waals surface area contributed by atoms with Gasteiger partial charge in [0.1, 0.15) is 5.75 Å². The molecule has 0 saturated heterocycles. The van der Waals surface area contributed by atoms with Gasteiger partial charge in [0.2, 0.25) is 11.8 Å². The van der Waals surface area contributed by atoms with E-state index in [9.17, 15) is 19.2 Å². The molecule has 29 heavy (non-hydrogen) atoms. The summed E-state index contributed by atoms with van der Waals surface area (Å²) in [5.41, 5.74) is 1.57. The highest BCUT2D eigenvalue weighted by Crippen LogP contribution is 2.27. The van der Waals surface area contributed by atoms with E-state index < -0.39 is 18.5 Å². The SMILES string of the molecule is COc1ccc(NC(C)=O)cc1NC(=O)COC(=O)c1ccc(NC(C)=O)cc1. The van der Waals surface area contributed by atoms with Crippen LogP contribution in [-0.4, -0.2) is 37.4 Å². The Morgan fingerprint density at radius 2 is 1.41 bits per heavy atom. The molecule has 0 fully saturated rings. The molecule has 0 atom stereocenters. The molecule has 2 rings (SSSR count). The lowest BCUT2D eigenvalue weighted by molar-refractivity contribution is -0.119. The Kier molecular flexibility index (Phi) is 7.30. The van der Waals surface area contributed by atoms with Crippen molar-refractivity contribution in [3.63, 3.8) is 0 Å². The minimum atomic E-state index is -0.687. The Morgan fingerprint density at radius 3 is 2.00 bits per heavy atom. The third kappa shape index (κ3) is 6.65. The first kappa shape index (κ1) is 21.4. The minimum Gasteiger partial charge on any atom is -0.495 e. The summed E-state index contributed by atoms with van der Waals surface area (Å²) >= 11 is 0. The minimum absolute atomic E-state index is 0.227. The van der Waals surface area contributed by atoms with Crippen LogP contribution in [0.25, 0.3) is 0 Å². The summed E-state index contributed by atoms with van der Waals surface area (Å²) in [6.45, 7) is 2.23. The summed E-state index contributed by atoms with van der Waals surface area (Å²) in [7, 11) is 1.44. The van der Waals surface area contributed by atoms with E-state index >= 15 is 0 Å². The van der Waals surface area contributed by atoms with Gasteiger partial charge in [-0.1, -0.05) is 0 Å². The van der Waals surface area contributed by atoms with Crippen molar-refractivity contribution >= 4 is 40.8 Å². The molecule has 0 heterocycles. The van der Waals surface area contributed by atoms with Crippen molar-refractivity contribution < 1.29 is 28.7 Å². The van der Waals surface area contributed by atoms with Crippen molar-refractivity contribution in [2.45, 2.75) is 13.8 Å². The molecule has 152 valence electrons. The second-order valence-corrected chi connectivity index (χ2v) is 5.98. The Labute approximate surface area is 167 Å². The van der Waals surface area contributed by atoms with Gasteiger partial charge in [-0.3, -0.25) is 14.4 Å². The number of anilines is 3. The molecule has 0 unspecified atom stereocenters. The van der Waals surface area contributed by atoms with Gasteiger partial charge in [-0.15, -0.1) is 0 Å². The van der Waals surface area contributed by atoms with E-state index in [1.54, 1.807) is 24.3 Å². The van der Waals surface area contributed by atoms with Crippen molar-refractivity contribution in [3.05, 3.63) is 48.0 Å². The first-order valence-electron chi connectivity index (χ1n) is 8.58. The summed E-state index contributed by atoms with van der Waals surface area (Å²) in [5.74, 6) is -1.37. The number of hydrogen-bond acceptors (Lipinski definition) is 6. The number of esters is 1. The van der Waals surface area contributed by atoms with E-state index in [0.717, 1.165) is 0 Å². The van der Waals surface area contributed by atoms with Crippen molar-refractivity contribution in [1.29, 1.82) is 0 Å². The summed E-state index contributed by atoms with van der Waals surface area (Å²) < 4.78 is 10.2. The lowest BCUT2D eigenvalue weighted by Crippen LogP contribution is -2.21. The number of ether oxygens (including phenoxy) is 2. The smallest absolute Gasteiger partial charge is 0.338 e. The summed E-state index contributed by atoms with van der Waals surface area (Å²) in [4.78, 5) is 46.4. The van der Waals surface area contributed by atoms with E-state index in [2.05, 4.69) is 16.0 Å². The number of nitrogens with one attached hydrogen (secondary N) is 3. The van der Waals surface area contributed by atoms with Crippen LogP contribution in [0.3, 0.4) is 0 Å². The molecule has 0 bridgehead atoms. The standard InChI is InChI=1S/C20H21N3O6/c1-12(24)21-15-6-4-14(5-7-15)20(27)29-11-19(26)23-17-10-16(22-13(2)25)8-9-18(17)28-3/h4-10H,11H2,1-3H3,(H,21,24)(H,22,25)(H,23,26). The molecule has 0 spiro atoms. The summed E-state index contributed by atoms with van der Waals surface area (Å²) in [6.07, 6.45) is 0. The molecule has 0 radical (unpaired) electrons. The van der Waals surface area contributed by atoms with Crippen molar-refractivity contribution in [3.8, 4) is 5.75 Å². The highest BCUT2D eigenvalue weighted by Gasteiger charge is 2.13. The lowest BCUT2D eigenvalue weighted by Gasteiger charge is -2.12. The predicted molar refractivity (Wildman–Crippen MR) is 107 cm³/mol. The number of benzene rings is 2. The number of rotatable bonds is 7. The number of carbonyl (C=O) groups excluding carboxylic acids is 4. The van der Waals surface area contributed by atoms with Crippen LogP contribution < -0.4 is 20.7 Å². The van der Waals surface area contributed by atoms with Gasteiger partial charge in [-0.2, -0.15) is 0 Å². The van der Waals surface area contributed by atoms with Crippen LogP contribution in [0.2, 0.25) is 0 Å². The van der Waals surface area contributed by atoms with E-state index in [1.807, 2.05) is 0 Å². The second kappa shape index (κ2) is 9.88. The zero-order valence-electron chi connectivity index (χ0n) is 16.2. The van der Waals surface area contributed by atoms with Gasteiger partial charge in [0, 0.05) is 25.2 Å². The molecule has 0 aliphatic rings. The zero-order valence-corrected chi connectivity index (χ0v) is 16.2. The fourth-order valence-electron chi connectivity index (χ4n) is 2.38. The van der Waals surface area contributed by atoms with Gasteiger partial charge < -0.3 is 25.4 Å². The van der Waals surface area contributed by atoms with Crippen molar-refractivity contribution in [2.75, 3.05) is 29.7 Å². The Morgan fingerprint density at radius 1 is 0.828 bits per heavy atom. The summed E-state index contributed by atoms with van der Waals surface area (Å²) in [6, 6.07) is 10.8.